The maximum Gasteiger partial charge on any atom is 0.333 e. The van der Waals surface area contributed by atoms with E-state index in [1.807, 2.05) is 6.07 Å². The minimum absolute atomic E-state index is 0.333. The molecule has 0 aliphatic carbocycles. The van der Waals surface area contributed by atoms with Crippen molar-refractivity contribution in [1.29, 1.82) is 0 Å². The largest absolute Gasteiger partial charge is 0.490 e. The molecule has 8 bridgehead atoms. The summed E-state index contributed by atoms with van der Waals surface area (Å²) < 4.78 is 67.0. The zero-order valence-corrected chi connectivity index (χ0v) is 81.6. The Morgan fingerprint density at radius 2 is 0.512 bits per heavy atom. The van der Waals surface area contributed by atoms with Crippen LogP contribution in [0, 0.1) is 35.5 Å². The number of nitrogens with one attached hydrogen (secondary N) is 2. The van der Waals surface area contributed by atoms with Gasteiger partial charge < -0.3 is 57.3 Å². The molecule has 6 unspecified atom stereocenters. The number of benzene rings is 4. The van der Waals surface area contributed by atoms with Crippen LogP contribution in [-0.2, 0) is 19.1 Å². The molecule has 129 heavy (non-hydrogen) atoms. The highest BCUT2D eigenvalue weighted by Crippen LogP contribution is 2.46. The van der Waals surface area contributed by atoms with E-state index in [4.69, 9.17) is 57.3 Å². The van der Waals surface area contributed by atoms with E-state index < -0.39 is 0 Å². The second-order valence-electron chi connectivity index (χ2n) is 36.2. The van der Waals surface area contributed by atoms with Crippen molar-refractivity contribution in [2.24, 2.45) is 35.5 Å². The first kappa shape index (κ1) is 103. The third-order valence-electron chi connectivity index (χ3n) is 25.8. The first-order valence-electron chi connectivity index (χ1n) is 50.4. The maximum absolute atomic E-state index is 12.3. The van der Waals surface area contributed by atoms with Crippen LogP contribution in [0.4, 0.5) is 0 Å². The van der Waals surface area contributed by atoms with Crippen molar-refractivity contribution in [3.63, 3.8) is 0 Å². The van der Waals surface area contributed by atoms with Crippen LogP contribution in [0.5, 0.6) is 46.0 Å². The number of nitrogens with zero attached hydrogens (tertiary/aromatic N) is 2. The summed E-state index contributed by atoms with van der Waals surface area (Å²) in [6, 6.07) is 34.5. The zero-order valence-electron chi connectivity index (χ0n) is 81.6. The number of aromatic amines is 2. The highest BCUT2D eigenvalue weighted by Gasteiger charge is 2.26. The molecule has 9 rings (SSSR count). The van der Waals surface area contributed by atoms with E-state index >= 15 is 0 Å². The van der Waals surface area contributed by atoms with Crippen molar-refractivity contribution < 1.29 is 57.0 Å². The molecule has 0 spiro atoms. The van der Waals surface area contributed by atoms with Gasteiger partial charge in [0.2, 0.25) is 0 Å². The quantitative estimate of drug-likeness (QED) is 0.0208. The van der Waals surface area contributed by atoms with Crippen molar-refractivity contribution in [2.45, 2.75) is 309 Å². The summed E-state index contributed by atoms with van der Waals surface area (Å²) in [5.41, 5.74) is 14.2. The molecule has 4 aromatic carbocycles. The van der Waals surface area contributed by atoms with Crippen LogP contribution in [0.1, 0.15) is 332 Å². The number of hydrogen-bond donors (Lipinski definition) is 2. The molecule has 0 radical (unpaired) electrons. The van der Waals surface area contributed by atoms with Crippen LogP contribution in [-0.4, -0.2) is 97.9 Å². The van der Waals surface area contributed by atoms with Gasteiger partial charge in [-0.25, -0.2) is 19.6 Å². The lowest BCUT2D eigenvalue weighted by Crippen LogP contribution is -2.14. The molecule has 2 aliphatic rings. The topological polar surface area (TPSA) is 184 Å². The average molecular weight is 1770 g/mol. The molecular weight excluding hydrogens is 1610 g/mol. The van der Waals surface area contributed by atoms with Crippen LogP contribution in [0.15, 0.2) is 121 Å². The predicted octanol–water partition coefficient (Wildman–Crippen LogP) is 31.4. The molecule has 704 valence electrons. The molecule has 6 atom stereocenters. The molecule has 0 amide bonds. The van der Waals surface area contributed by atoms with Crippen molar-refractivity contribution in [1.82, 2.24) is 19.9 Å². The van der Waals surface area contributed by atoms with Crippen LogP contribution in [0.25, 0.3) is 90.9 Å². The molecule has 0 saturated heterocycles. The second-order valence-corrected chi connectivity index (χ2v) is 36.2. The van der Waals surface area contributed by atoms with Gasteiger partial charge in [-0.1, -0.05) is 243 Å². The number of carbonyl (C=O) groups is 2. The summed E-state index contributed by atoms with van der Waals surface area (Å²) in [5.74, 6) is 7.15. The fourth-order valence-electron chi connectivity index (χ4n) is 16.9. The summed E-state index contributed by atoms with van der Waals surface area (Å²) in [6.45, 7) is 43.1. The van der Waals surface area contributed by atoms with E-state index in [1.165, 1.54) is 6.42 Å². The van der Waals surface area contributed by atoms with E-state index in [9.17, 15) is 9.59 Å². The Bertz CT molecular complexity index is 4750. The third kappa shape index (κ3) is 32.1. The lowest BCUT2D eigenvalue weighted by atomic mass is 9.99. The number of carbonyl (C=O) groups excluding carboxylic acids is 2. The molecular formula is C113H160N4O12. The Kier molecular flexibility index (Phi) is 45.4. The van der Waals surface area contributed by atoms with Gasteiger partial charge in [0.05, 0.1) is 88.8 Å². The van der Waals surface area contributed by atoms with E-state index in [0.29, 0.717) is 136 Å². The average Bonchev–Trinajstić information content (AvgIpc) is 1.62. The summed E-state index contributed by atoms with van der Waals surface area (Å²) >= 11 is 0. The number of ether oxygens (including phenoxy) is 10. The van der Waals surface area contributed by atoms with Crippen molar-refractivity contribution >= 4 is 58.3 Å². The molecule has 0 saturated carbocycles. The number of H-pyrrole nitrogens is 2. The van der Waals surface area contributed by atoms with E-state index in [-0.39, 0.29) is 11.9 Å². The number of aromatic nitrogens is 4. The summed E-state index contributed by atoms with van der Waals surface area (Å²) in [6.07, 6.45) is 42.7. The summed E-state index contributed by atoms with van der Waals surface area (Å²) in [7, 11) is 0. The molecule has 7 aromatic rings. The molecule has 0 fully saturated rings. The van der Waals surface area contributed by atoms with Gasteiger partial charge in [0.1, 0.15) is 0 Å². The van der Waals surface area contributed by atoms with Crippen molar-refractivity contribution in [3.8, 4) is 90.5 Å². The lowest BCUT2D eigenvalue weighted by Gasteiger charge is -2.21. The van der Waals surface area contributed by atoms with Crippen LogP contribution < -0.4 is 37.9 Å². The smallest absolute Gasteiger partial charge is 0.333 e. The molecule has 5 heterocycles. The van der Waals surface area contributed by atoms with Crippen LogP contribution in [0.3, 0.4) is 0 Å². The Morgan fingerprint density at radius 1 is 0.279 bits per heavy atom. The van der Waals surface area contributed by atoms with Gasteiger partial charge in [-0.05, 0) is 259 Å². The van der Waals surface area contributed by atoms with Gasteiger partial charge in [-0.3, -0.25) is 0 Å². The Hall–Kier alpha value is -9.70. The van der Waals surface area contributed by atoms with Gasteiger partial charge in [0.25, 0.3) is 0 Å². The second kappa shape index (κ2) is 56.8. The van der Waals surface area contributed by atoms with E-state index in [0.717, 1.165) is 318 Å². The van der Waals surface area contributed by atoms with Gasteiger partial charge >= 0.3 is 11.9 Å². The SMILES string of the molecule is C=C(C)C(=O)OCCCCCCOc1ccc(-c2c3nc(c(-c4ccc(OCC(CC)CCCC)c(OCC(CC)CCCC)c4)c4ccc([nH]4)c(-c4ccc(OCC(CC)CCCC)c(OCC(CC)CCCCC)c4)c4nc(c(-c5ccc(OCC(CC)CCCC)c(OCC(CC)CCCC)c5)c5ccc2[nH]5)C=C4)C=C3)cc1OCCCCCCOC(=O)C(=C)C. The Labute approximate surface area is 775 Å². The minimum atomic E-state index is -0.370. The lowest BCUT2D eigenvalue weighted by molar-refractivity contribution is -0.139. The third-order valence-corrected chi connectivity index (χ3v) is 25.8. The van der Waals surface area contributed by atoms with Crippen LogP contribution >= 0.6 is 0 Å². The van der Waals surface area contributed by atoms with Gasteiger partial charge in [-0.2, -0.15) is 0 Å². The predicted molar refractivity (Wildman–Crippen MR) is 537 cm³/mol. The fraction of sp³-hybridized carbons (Fsp3) is 0.558. The van der Waals surface area contributed by atoms with Gasteiger partial charge in [0.15, 0.2) is 46.0 Å². The van der Waals surface area contributed by atoms with Gasteiger partial charge in [-0.15, -0.1) is 0 Å². The minimum Gasteiger partial charge on any atom is -0.490 e. The summed E-state index contributed by atoms with van der Waals surface area (Å²) in [5, 5.41) is 0. The number of rotatable bonds is 65. The number of fused-ring (bicyclic) bond motifs is 8. The first-order chi connectivity index (χ1) is 62.9. The normalized spacial score (nSPS) is 13.2. The molecule has 16 nitrogen and oxygen atoms in total. The number of esters is 2. The summed E-state index contributed by atoms with van der Waals surface area (Å²) in [4.78, 5) is 44.5. The molecule has 2 aliphatic heterocycles. The van der Waals surface area contributed by atoms with Crippen molar-refractivity contribution in [2.75, 3.05) is 66.1 Å². The fourth-order valence-corrected chi connectivity index (χ4v) is 16.9. The monoisotopic (exact) mass is 1770 g/mol. The molecule has 2 N–H and O–H groups in total. The highest BCUT2D eigenvalue weighted by atomic mass is 16.5. The van der Waals surface area contributed by atoms with Crippen LogP contribution in [0.2, 0.25) is 0 Å². The molecule has 16 heteroatoms. The standard InChI is InChI=1S/C113H160N4O12/c1-17-29-39-49-87(28-12)79-129-107-73-91(53-65-103(107)126-76-84(25-9)46-32-20-4)111-98-60-58-96(116-98)109(89-51-63-101(124-74-82(23-7)44-30-18-2)105(71-89)127-77-85(26-10)47-33-21-5)94-56-54-92(114-94)108(88-50-62-100(120-66-40-35-37-42-68-122-112(118)80(13)14)104(70-88)121-67-41-36-38-43-69-123-113(119)81(15)16)93-55-57-95(115-93)110(97-59-61-99(111)117-97)90-52-64-102(125-75-83(24-8)45-31-19-3)106(72-90)128-78-86(27-11)48-34-22-6/h50-65,70-73,82-87,114,117H,13,15,17-49,66-69,74-79H2,1-12,14,16H3. The van der Waals surface area contributed by atoms with E-state index in [2.05, 4.69) is 222 Å². The maximum atomic E-state index is 12.3. The number of unbranched alkanes of at least 4 members (excludes halogenated alkanes) is 13. The zero-order chi connectivity index (χ0) is 92.1. The van der Waals surface area contributed by atoms with Gasteiger partial charge in [0, 0.05) is 55.5 Å². The van der Waals surface area contributed by atoms with Crippen molar-refractivity contribution in [3.05, 3.63) is 144 Å². The number of hydrogen-bond acceptors (Lipinski definition) is 14. The Morgan fingerprint density at radius 3 is 0.767 bits per heavy atom. The van der Waals surface area contributed by atoms with E-state index in [1.54, 1.807) is 13.8 Å². The first-order valence-corrected chi connectivity index (χ1v) is 50.4. The Balaban J connectivity index is 1.36. The highest BCUT2D eigenvalue weighted by molar-refractivity contribution is 6.00. The molecule has 3 aromatic heterocycles.